The molecule has 4 heteroatoms. The molecule has 1 atom stereocenters. The maximum Gasteiger partial charge on any atom is 0.190 e. The average Bonchev–Trinajstić information content (AvgIpc) is 2.04. The average molecular weight is 187 g/mol. The van der Waals surface area contributed by atoms with Crippen molar-refractivity contribution < 1.29 is 5.11 Å². The van der Waals surface area contributed by atoms with E-state index < -0.39 is 0 Å². The predicted molar refractivity (Wildman–Crippen MR) is 55.9 cm³/mol. The minimum atomic E-state index is -0.377. The van der Waals surface area contributed by atoms with Gasteiger partial charge in [-0.15, -0.1) is 0 Å². The summed E-state index contributed by atoms with van der Waals surface area (Å²) in [6.45, 7) is 6.52. The van der Waals surface area contributed by atoms with E-state index in [0.717, 1.165) is 0 Å². The van der Waals surface area contributed by atoms with E-state index in [1.165, 1.54) is 0 Å². The monoisotopic (exact) mass is 187 g/mol. The molecular weight excluding hydrogens is 166 g/mol. The summed E-state index contributed by atoms with van der Waals surface area (Å²) >= 11 is 0. The van der Waals surface area contributed by atoms with Crippen LogP contribution in [0.25, 0.3) is 0 Å². The van der Waals surface area contributed by atoms with Crippen molar-refractivity contribution in [2.24, 2.45) is 10.4 Å². The molecule has 0 aromatic carbocycles. The smallest absolute Gasteiger partial charge is 0.190 e. The molecule has 0 radical (unpaired) electrons. The molecule has 0 aliphatic carbocycles. The highest BCUT2D eigenvalue weighted by Crippen LogP contribution is 2.17. The molecule has 0 heterocycles. The molecule has 3 N–H and O–H groups in total. The first-order valence-electron chi connectivity index (χ1n) is 4.48. The number of aliphatic imine (C=N–C) groups is 1. The van der Waals surface area contributed by atoms with Crippen molar-refractivity contribution >= 4 is 5.96 Å². The summed E-state index contributed by atoms with van der Waals surface area (Å²) in [5.41, 5.74) is -0.0976. The van der Waals surface area contributed by atoms with Crippen LogP contribution >= 0.6 is 0 Å². The summed E-state index contributed by atoms with van der Waals surface area (Å²) in [6, 6.07) is 0. The van der Waals surface area contributed by atoms with Gasteiger partial charge in [0.1, 0.15) is 0 Å². The second-order valence-electron chi connectivity index (χ2n) is 4.08. The fourth-order valence-electron chi connectivity index (χ4n) is 0.779. The van der Waals surface area contributed by atoms with Crippen LogP contribution in [0.5, 0.6) is 0 Å². The first-order chi connectivity index (χ1) is 5.91. The Morgan fingerprint density at radius 3 is 2.31 bits per heavy atom. The highest BCUT2D eigenvalue weighted by atomic mass is 16.3. The number of hydrogen-bond donors (Lipinski definition) is 3. The Kier molecular flexibility index (Phi) is 4.77. The van der Waals surface area contributed by atoms with Crippen LogP contribution in [0, 0.1) is 5.41 Å². The lowest BCUT2D eigenvalue weighted by atomic mass is 9.89. The minimum Gasteiger partial charge on any atom is -0.391 e. The number of aliphatic hydroxyl groups excluding tert-OH is 1. The summed E-state index contributed by atoms with van der Waals surface area (Å²) in [6.07, 6.45) is -0.377. The Labute approximate surface area is 80.4 Å². The van der Waals surface area contributed by atoms with Crippen LogP contribution < -0.4 is 10.6 Å². The summed E-state index contributed by atoms with van der Waals surface area (Å²) in [5, 5.41) is 15.6. The maximum atomic E-state index is 9.68. The van der Waals surface area contributed by atoms with Gasteiger partial charge in [-0.05, 0) is 5.41 Å². The van der Waals surface area contributed by atoms with E-state index in [1.807, 2.05) is 20.8 Å². The Hall–Kier alpha value is -0.770. The molecule has 0 aliphatic rings. The van der Waals surface area contributed by atoms with Gasteiger partial charge in [-0.1, -0.05) is 20.8 Å². The van der Waals surface area contributed by atoms with Crippen molar-refractivity contribution in [2.75, 3.05) is 20.6 Å². The van der Waals surface area contributed by atoms with E-state index in [2.05, 4.69) is 15.6 Å². The number of nitrogens with one attached hydrogen (secondary N) is 2. The third-order valence-corrected chi connectivity index (χ3v) is 1.92. The number of guanidine groups is 1. The third-order valence-electron chi connectivity index (χ3n) is 1.92. The number of nitrogens with zero attached hydrogens (tertiary/aromatic N) is 1. The minimum absolute atomic E-state index is 0.0976. The number of hydrogen-bond acceptors (Lipinski definition) is 2. The van der Waals surface area contributed by atoms with E-state index in [0.29, 0.717) is 12.5 Å². The topological polar surface area (TPSA) is 56.7 Å². The van der Waals surface area contributed by atoms with Gasteiger partial charge < -0.3 is 15.7 Å². The van der Waals surface area contributed by atoms with E-state index >= 15 is 0 Å². The van der Waals surface area contributed by atoms with Crippen molar-refractivity contribution in [3.63, 3.8) is 0 Å². The van der Waals surface area contributed by atoms with Crippen LogP contribution in [0.4, 0.5) is 0 Å². The summed E-state index contributed by atoms with van der Waals surface area (Å²) in [7, 11) is 3.49. The molecule has 0 spiro atoms. The lowest BCUT2D eigenvalue weighted by Gasteiger charge is -2.26. The molecule has 4 nitrogen and oxygen atoms in total. The molecule has 1 unspecified atom stereocenters. The fourth-order valence-corrected chi connectivity index (χ4v) is 0.779. The zero-order valence-corrected chi connectivity index (χ0v) is 9.18. The van der Waals surface area contributed by atoms with Crippen LogP contribution in [0.2, 0.25) is 0 Å². The molecule has 0 saturated carbocycles. The van der Waals surface area contributed by atoms with Gasteiger partial charge in [-0.2, -0.15) is 0 Å². The third kappa shape index (κ3) is 4.72. The Balaban J connectivity index is 3.89. The lowest BCUT2D eigenvalue weighted by molar-refractivity contribution is 0.0668. The van der Waals surface area contributed by atoms with Gasteiger partial charge in [0.05, 0.1) is 6.10 Å². The van der Waals surface area contributed by atoms with Crippen LogP contribution in [0.15, 0.2) is 4.99 Å². The second kappa shape index (κ2) is 5.07. The Morgan fingerprint density at radius 2 is 2.00 bits per heavy atom. The summed E-state index contributed by atoms with van der Waals surface area (Å²) < 4.78 is 0. The van der Waals surface area contributed by atoms with Gasteiger partial charge in [-0.25, -0.2) is 0 Å². The van der Waals surface area contributed by atoms with E-state index in [9.17, 15) is 5.11 Å². The van der Waals surface area contributed by atoms with Gasteiger partial charge in [-0.3, -0.25) is 4.99 Å². The Morgan fingerprint density at radius 1 is 1.46 bits per heavy atom. The molecule has 0 amide bonds. The molecule has 0 fully saturated rings. The van der Waals surface area contributed by atoms with Crippen LogP contribution in [0.3, 0.4) is 0 Å². The second-order valence-corrected chi connectivity index (χ2v) is 4.08. The number of aliphatic hydroxyl groups is 1. The van der Waals surface area contributed by atoms with Gasteiger partial charge >= 0.3 is 0 Å². The van der Waals surface area contributed by atoms with Crippen molar-refractivity contribution in [1.29, 1.82) is 0 Å². The van der Waals surface area contributed by atoms with Crippen LogP contribution in [-0.2, 0) is 0 Å². The van der Waals surface area contributed by atoms with Gasteiger partial charge in [0.25, 0.3) is 0 Å². The zero-order valence-electron chi connectivity index (χ0n) is 9.18. The van der Waals surface area contributed by atoms with Crippen molar-refractivity contribution in [3.05, 3.63) is 0 Å². The molecule has 13 heavy (non-hydrogen) atoms. The van der Waals surface area contributed by atoms with Crippen LogP contribution in [0.1, 0.15) is 20.8 Å². The predicted octanol–water partition coefficient (Wildman–Crippen LogP) is 0.188. The van der Waals surface area contributed by atoms with Crippen LogP contribution in [-0.4, -0.2) is 37.8 Å². The van der Waals surface area contributed by atoms with E-state index in [-0.39, 0.29) is 11.5 Å². The van der Waals surface area contributed by atoms with Crippen molar-refractivity contribution in [2.45, 2.75) is 26.9 Å². The maximum absolute atomic E-state index is 9.68. The Bertz CT molecular complexity index is 172. The zero-order chi connectivity index (χ0) is 10.5. The number of rotatable bonds is 2. The summed E-state index contributed by atoms with van der Waals surface area (Å²) in [5.74, 6) is 0.698. The van der Waals surface area contributed by atoms with Crippen molar-refractivity contribution in [3.8, 4) is 0 Å². The molecule has 0 saturated heterocycles. The molecule has 0 aliphatic heterocycles. The summed E-state index contributed by atoms with van der Waals surface area (Å²) in [4.78, 5) is 3.94. The fraction of sp³-hybridized carbons (Fsp3) is 0.889. The lowest BCUT2D eigenvalue weighted by Crippen LogP contribution is -2.43. The quantitative estimate of drug-likeness (QED) is 0.427. The van der Waals surface area contributed by atoms with E-state index in [1.54, 1.807) is 14.1 Å². The SMILES string of the molecule is CN=C(NC)NCC(O)C(C)(C)C. The molecular formula is C9H21N3O. The molecule has 0 aromatic rings. The van der Waals surface area contributed by atoms with Gasteiger partial charge in [0, 0.05) is 20.6 Å². The molecule has 78 valence electrons. The highest BCUT2D eigenvalue weighted by Gasteiger charge is 2.21. The van der Waals surface area contributed by atoms with Gasteiger partial charge in [0.2, 0.25) is 0 Å². The molecule has 0 bridgehead atoms. The molecule has 0 aromatic heterocycles. The molecule has 0 rings (SSSR count). The first-order valence-corrected chi connectivity index (χ1v) is 4.48. The van der Waals surface area contributed by atoms with Gasteiger partial charge in [0.15, 0.2) is 5.96 Å². The highest BCUT2D eigenvalue weighted by molar-refractivity contribution is 5.79. The van der Waals surface area contributed by atoms with E-state index in [4.69, 9.17) is 0 Å². The first kappa shape index (κ1) is 12.2. The standard InChI is InChI=1S/C9H21N3O/c1-9(2,3)7(13)6-12-8(10-4)11-5/h7,13H,6H2,1-5H3,(H2,10,11,12). The largest absolute Gasteiger partial charge is 0.391 e. The van der Waals surface area contributed by atoms with Crippen molar-refractivity contribution in [1.82, 2.24) is 10.6 Å². The normalized spacial score (nSPS) is 15.4.